The summed E-state index contributed by atoms with van der Waals surface area (Å²) in [6.07, 6.45) is 5.83. The molecule has 7 heteroatoms. The van der Waals surface area contributed by atoms with E-state index in [-0.39, 0.29) is 11.8 Å². The first-order valence-electron chi connectivity index (χ1n) is 8.63. The summed E-state index contributed by atoms with van der Waals surface area (Å²) < 4.78 is 2.15. The highest BCUT2D eigenvalue weighted by atomic mass is 35.5. The normalized spacial score (nSPS) is 17.4. The van der Waals surface area contributed by atoms with Gasteiger partial charge in [0, 0.05) is 47.4 Å². The van der Waals surface area contributed by atoms with Gasteiger partial charge < -0.3 is 9.47 Å². The van der Waals surface area contributed by atoms with Gasteiger partial charge in [-0.1, -0.05) is 17.7 Å². The molecule has 1 saturated heterocycles. The summed E-state index contributed by atoms with van der Waals surface area (Å²) in [5, 5.41) is 2.64. The summed E-state index contributed by atoms with van der Waals surface area (Å²) in [6, 6.07) is 7.15. The monoisotopic (exact) mass is 386 g/mol. The molecule has 0 spiro atoms. The van der Waals surface area contributed by atoms with Crippen LogP contribution in [0.3, 0.4) is 0 Å². The molecular weight excluding hydrogens is 368 g/mol. The fourth-order valence-electron chi connectivity index (χ4n) is 3.48. The first kappa shape index (κ1) is 17.2. The standard InChI is InChI=1S/C19H19ClN4OS/c20-16-5-1-3-14(9-16)19(25)24-7-2-4-15(10-24)18-21-6-8-23(18)11-17-12-26-13-22-17/h1,3,5-6,8-9,12-13,15H,2,4,7,10-11H2/t15-/m1/s1. The molecule has 0 unspecified atom stereocenters. The van der Waals surface area contributed by atoms with Gasteiger partial charge in [0.15, 0.2) is 0 Å². The molecule has 5 nitrogen and oxygen atoms in total. The van der Waals surface area contributed by atoms with E-state index in [1.807, 2.05) is 34.9 Å². The predicted molar refractivity (Wildman–Crippen MR) is 103 cm³/mol. The van der Waals surface area contributed by atoms with Crippen LogP contribution >= 0.6 is 22.9 Å². The maximum Gasteiger partial charge on any atom is 0.253 e. The van der Waals surface area contributed by atoms with Crippen LogP contribution in [0.15, 0.2) is 47.5 Å². The van der Waals surface area contributed by atoms with Gasteiger partial charge in [0.05, 0.1) is 17.7 Å². The molecule has 0 aliphatic carbocycles. The predicted octanol–water partition coefficient (Wildman–Crippen LogP) is 4.06. The highest BCUT2D eigenvalue weighted by Crippen LogP contribution is 2.27. The number of piperidine rings is 1. The summed E-state index contributed by atoms with van der Waals surface area (Å²) in [6.45, 7) is 2.17. The second-order valence-electron chi connectivity index (χ2n) is 6.49. The van der Waals surface area contributed by atoms with Crippen LogP contribution < -0.4 is 0 Å². The van der Waals surface area contributed by atoms with E-state index in [1.165, 1.54) is 0 Å². The molecule has 1 aliphatic rings. The van der Waals surface area contributed by atoms with Crippen molar-refractivity contribution in [3.05, 3.63) is 69.7 Å². The van der Waals surface area contributed by atoms with Crippen molar-refractivity contribution >= 4 is 28.8 Å². The van der Waals surface area contributed by atoms with E-state index in [9.17, 15) is 4.79 Å². The molecular formula is C19H19ClN4OS. The van der Waals surface area contributed by atoms with Crippen molar-refractivity contribution in [1.82, 2.24) is 19.4 Å². The Morgan fingerprint density at radius 1 is 1.35 bits per heavy atom. The Kier molecular flexibility index (Phi) is 5.04. The molecule has 1 fully saturated rings. The van der Waals surface area contributed by atoms with E-state index in [2.05, 4.69) is 19.9 Å². The molecule has 0 radical (unpaired) electrons. The summed E-state index contributed by atoms with van der Waals surface area (Å²) >= 11 is 7.63. The van der Waals surface area contributed by atoms with Crippen LogP contribution in [0.4, 0.5) is 0 Å². The van der Waals surface area contributed by atoms with Crippen LogP contribution in [-0.2, 0) is 6.54 Å². The van der Waals surface area contributed by atoms with Gasteiger partial charge in [0.2, 0.25) is 0 Å². The average Bonchev–Trinajstić information content (AvgIpc) is 3.34. The largest absolute Gasteiger partial charge is 0.338 e. The lowest BCUT2D eigenvalue weighted by molar-refractivity contribution is 0.0703. The van der Waals surface area contributed by atoms with E-state index in [4.69, 9.17) is 11.6 Å². The molecule has 0 saturated carbocycles. The van der Waals surface area contributed by atoms with Gasteiger partial charge in [0.25, 0.3) is 5.91 Å². The van der Waals surface area contributed by atoms with Crippen molar-refractivity contribution in [3.8, 4) is 0 Å². The molecule has 1 aromatic carbocycles. The molecule has 2 aromatic heterocycles. The number of benzene rings is 1. The third-order valence-corrected chi connectivity index (χ3v) is 5.58. The lowest BCUT2D eigenvalue weighted by Crippen LogP contribution is -2.39. The zero-order valence-corrected chi connectivity index (χ0v) is 15.8. The molecule has 0 bridgehead atoms. The molecule has 1 atom stereocenters. The van der Waals surface area contributed by atoms with Crippen molar-refractivity contribution in [3.63, 3.8) is 0 Å². The number of likely N-dealkylation sites (tertiary alicyclic amines) is 1. The van der Waals surface area contributed by atoms with E-state index in [1.54, 1.807) is 23.5 Å². The molecule has 26 heavy (non-hydrogen) atoms. The van der Waals surface area contributed by atoms with Crippen LogP contribution in [0.25, 0.3) is 0 Å². The highest BCUT2D eigenvalue weighted by Gasteiger charge is 2.28. The molecule has 0 N–H and O–H groups in total. The van der Waals surface area contributed by atoms with Crippen LogP contribution in [0.5, 0.6) is 0 Å². The Morgan fingerprint density at radius 2 is 2.27 bits per heavy atom. The third-order valence-electron chi connectivity index (χ3n) is 4.71. The van der Waals surface area contributed by atoms with E-state index >= 15 is 0 Å². The minimum atomic E-state index is 0.0369. The number of aromatic nitrogens is 3. The SMILES string of the molecule is O=C(c1cccc(Cl)c1)N1CCC[C@@H](c2nccn2Cc2cscn2)C1. The second-order valence-corrected chi connectivity index (χ2v) is 7.65. The molecule has 3 aromatic rings. The molecule has 4 rings (SSSR count). The summed E-state index contributed by atoms with van der Waals surface area (Å²) in [7, 11) is 0. The van der Waals surface area contributed by atoms with Crippen molar-refractivity contribution in [1.29, 1.82) is 0 Å². The van der Waals surface area contributed by atoms with Gasteiger partial charge in [-0.2, -0.15) is 0 Å². The van der Waals surface area contributed by atoms with Gasteiger partial charge in [0.1, 0.15) is 5.82 Å². The van der Waals surface area contributed by atoms with Crippen molar-refractivity contribution in [2.45, 2.75) is 25.3 Å². The van der Waals surface area contributed by atoms with Crippen molar-refractivity contribution in [2.75, 3.05) is 13.1 Å². The minimum Gasteiger partial charge on any atom is -0.338 e. The highest BCUT2D eigenvalue weighted by molar-refractivity contribution is 7.07. The minimum absolute atomic E-state index is 0.0369. The van der Waals surface area contributed by atoms with E-state index in [0.29, 0.717) is 17.1 Å². The van der Waals surface area contributed by atoms with Crippen LogP contribution in [0.2, 0.25) is 5.02 Å². The van der Waals surface area contributed by atoms with Crippen LogP contribution in [0.1, 0.15) is 40.6 Å². The maximum atomic E-state index is 12.8. The van der Waals surface area contributed by atoms with Gasteiger partial charge in [-0.05, 0) is 31.0 Å². The molecule has 1 aliphatic heterocycles. The van der Waals surface area contributed by atoms with Crippen LogP contribution in [-0.4, -0.2) is 38.4 Å². The number of hydrogen-bond acceptors (Lipinski definition) is 4. The second kappa shape index (κ2) is 7.60. The lowest BCUT2D eigenvalue weighted by atomic mass is 9.96. The summed E-state index contributed by atoms with van der Waals surface area (Å²) in [4.78, 5) is 23.7. The summed E-state index contributed by atoms with van der Waals surface area (Å²) in [5.74, 6) is 1.30. The molecule has 134 valence electrons. The Hall–Kier alpha value is -2.18. The zero-order chi connectivity index (χ0) is 17.9. The number of thiazole rings is 1. The maximum absolute atomic E-state index is 12.8. The first-order valence-corrected chi connectivity index (χ1v) is 9.96. The van der Waals surface area contributed by atoms with Crippen molar-refractivity contribution in [2.24, 2.45) is 0 Å². The molecule has 1 amide bonds. The Labute approximate surface area is 161 Å². The molecule has 3 heterocycles. The lowest BCUT2D eigenvalue weighted by Gasteiger charge is -2.32. The number of carbonyl (C=O) groups is 1. The van der Waals surface area contributed by atoms with Crippen LogP contribution in [0, 0.1) is 0 Å². The smallest absolute Gasteiger partial charge is 0.253 e. The quantitative estimate of drug-likeness (QED) is 0.679. The first-order chi connectivity index (χ1) is 12.7. The summed E-state index contributed by atoms with van der Waals surface area (Å²) in [5.41, 5.74) is 3.53. The van der Waals surface area contributed by atoms with Gasteiger partial charge in [-0.25, -0.2) is 9.97 Å². The Morgan fingerprint density at radius 3 is 3.08 bits per heavy atom. The number of carbonyl (C=O) groups excluding carboxylic acids is 1. The number of rotatable bonds is 4. The number of hydrogen-bond donors (Lipinski definition) is 0. The van der Waals surface area contributed by atoms with Crippen molar-refractivity contribution < 1.29 is 4.79 Å². The van der Waals surface area contributed by atoms with Gasteiger partial charge >= 0.3 is 0 Å². The van der Waals surface area contributed by atoms with Gasteiger partial charge in [-0.3, -0.25) is 4.79 Å². The zero-order valence-electron chi connectivity index (χ0n) is 14.2. The van der Waals surface area contributed by atoms with E-state index in [0.717, 1.165) is 37.4 Å². The Balaban J connectivity index is 1.51. The number of amides is 1. The van der Waals surface area contributed by atoms with E-state index < -0.39 is 0 Å². The van der Waals surface area contributed by atoms with Gasteiger partial charge in [-0.15, -0.1) is 11.3 Å². The Bertz CT molecular complexity index is 893. The number of halogens is 1. The fraction of sp³-hybridized carbons (Fsp3) is 0.316. The fourth-order valence-corrected chi connectivity index (χ4v) is 4.22. The third kappa shape index (κ3) is 3.66. The average molecular weight is 387 g/mol. The topological polar surface area (TPSA) is 51.0 Å². The number of nitrogens with zero attached hydrogens (tertiary/aromatic N) is 4. The number of imidazole rings is 1.